The Morgan fingerprint density at radius 3 is 2.80 bits per heavy atom. The van der Waals surface area contributed by atoms with Crippen molar-refractivity contribution in [1.82, 2.24) is 15.0 Å². The van der Waals surface area contributed by atoms with Crippen LogP contribution in [-0.4, -0.2) is 22.1 Å². The lowest BCUT2D eigenvalue weighted by molar-refractivity contribution is 0.413. The molecule has 2 aromatic rings. The minimum atomic E-state index is 0.403. The third kappa shape index (κ3) is 2.05. The minimum absolute atomic E-state index is 0.403. The maximum atomic E-state index is 5.93. The van der Waals surface area contributed by atoms with Gasteiger partial charge in [-0.15, -0.1) is 0 Å². The number of hydrogen-bond donors (Lipinski definition) is 0. The van der Waals surface area contributed by atoms with Gasteiger partial charge in [0, 0.05) is 23.5 Å². The van der Waals surface area contributed by atoms with Crippen molar-refractivity contribution in [2.45, 2.75) is 0 Å². The van der Waals surface area contributed by atoms with E-state index in [0.717, 1.165) is 11.1 Å². The Kier molecular flexibility index (Phi) is 2.78. The third-order valence-corrected chi connectivity index (χ3v) is 2.22. The predicted octanol–water partition coefficient (Wildman–Crippen LogP) is 2.20. The SMILES string of the molecule is COc1cncc(-c2cncnc2Cl)c1. The van der Waals surface area contributed by atoms with E-state index < -0.39 is 0 Å². The molecule has 0 spiro atoms. The highest BCUT2D eigenvalue weighted by Crippen LogP contribution is 2.26. The number of aromatic nitrogens is 3. The van der Waals surface area contributed by atoms with Gasteiger partial charge in [0.1, 0.15) is 17.2 Å². The lowest BCUT2D eigenvalue weighted by Crippen LogP contribution is -1.88. The Hall–Kier alpha value is -1.68. The smallest absolute Gasteiger partial charge is 0.140 e. The average molecular weight is 222 g/mol. The van der Waals surface area contributed by atoms with Crippen LogP contribution in [0.3, 0.4) is 0 Å². The van der Waals surface area contributed by atoms with E-state index in [9.17, 15) is 0 Å². The second-order valence-corrected chi connectivity index (χ2v) is 3.20. The molecule has 0 aliphatic heterocycles. The maximum Gasteiger partial charge on any atom is 0.140 e. The largest absolute Gasteiger partial charge is 0.495 e. The van der Waals surface area contributed by atoms with Gasteiger partial charge >= 0.3 is 0 Å². The third-order valence-electron chi connectivity index (χ3n) is 1.92. The first-order valence-electron chi connectivity index (χ1n) is 4.26. The van der Waals surface area contributed by atoms with E-state index in [1.807, 2.05) is 6.07 Å². The fourth-order valence-corrected chi connectivity index (χ4v) is 1.39. The molecule has 0 saturated carbocycles. The summed E-state index contributed by atoms with van der Waals surface area (Å²) in [4.78, 5) is 11.8. The molecule has 0 atom stereocenters. The van der Waals surface area contributed by atoms with Gasteiger partial charge in [-0.25, -0.2) is 9.97 Å². The van der Waals surface area contributed by atoms with Crippen LogP contribution >= 0.6 is 11.6 Å². The highest BCUT2D eigenvalue weighted by atomic mass is 35.5. The van der Waals surface area contributed by atoms with Crippen molar-refractivity contribution in [1.29, 1.82) is 0 Å². The molecule has 0 fully saturated rings. The summed E-state index contributed by atoms with van der Waals surface area (Å²) in [5.74, 6) is 0.674. The number of methoxy groups -OCH3 is 1. The zero-order valence-electron chi connectivity index (χ0n) is 8.01. The molecule has 0 saturated heterocycles. The first-order chi connectivity index (χ1) is 7.31. The Morgan fingerprint density at radius 1 is 1.20 bits per heavy atom. The highest BCUT2D eigenvalue weighted by Gasteiger charge is 2.05. The second kappa shape index (κ2) is 4.23. The van der Waals surface area contributed by atoms with Crippen LogP contribution in [-0.2, 0) is 0 Å². The van der Waals surface area contributed by atoms with Crippen molar-refractivity contribution < 1.29 is 4.74 Å². The van der Waals surface area contributed by atoms with Crippen molar-refractivity contribution in [3.05, 3.63) is 36.1 Å². The van der Waals surface area contributed by atoms with E-state index in [2.05, 4.69) is 15.0 Å². The Balaban J connectivity index is 2.49. The molecule has 0 bridgehead atoms. The van der Waals surface area contributed by atoms with E-state index in [1.54, 1.807) is 25.7 Å². The Labute approximate surface area is 91.9 Å². The van der Waals surface area contributed by atoms with Gasteiger partial charge in [-0.2, -0.15) is 0 Å². The van der Waals surface area contributed by atoms with Crippen LogP contribution in [0, 0.1) is 0 Å². The molecular formula is C10H8ClN3O. The maximum absolute atomic E-state index is 5.93. The van der Waals surface area contributed by atoms with Crippen LogP contribution in [0.1, 0.15) is 0 Å². The van der Waals surface area contributed by atoms with Gasteiger partial charge in [-0.3, -0.25) is 4.98 Å². The predicted molar refractivity (Wildman–Crippen MR) is 56.8 cm³/mol. The average Bonchev–Trinajstić information content (AvgIpc) is 2.30. The quantitative estimate of drug-likeness (QED) is 0.730. The number of nitrogens with zero attached hydrogens (tertiary/aromatic N) is 3. The molecule has 0 aliphatic rings. The van der Waals surface area contributed by atoms with Crippen molar-refractivity contribution >= 4 is 11.6 Å². The number of ether oxygens (including phenoxy) is 1. The Morgan fingerprint density at radius 2 is 2.07 bits per heavy atom. The minimum Gasteiger partial charge on any atom is -0.495 e. The van der Waals surface area contributed by atoms with Gasteiger partial charge in [-0.05, 0) is 6.07 Å². The van der Waals surface area contributed by atoms with Gasteiger partial charge < -0.3 is 4.74 Å². The molecule has 0 aliphatic carbocycles. The first kappa shape index (κ1) is 9.86. The van der Waals surface area contributed by atoms with Crippen LogP contribution in [0.25, 0.3) is 11.1 Å². The van der Waals surface area contributed by atoms with Crippen molar-refractivity contribution in [3.8, 4) is 16.9 Å². The van der Waals surface area contributed by atoms with Crippen LogP contribution in [0.4, 0.5) is 0 Å². The van der Waals surface area contributed by atoms with E-state index in [1.165, 1.54) is 6.33 Å². The van der Waals surface area contributed by atoms with Gasteiger partial charge in [0.15, 0.2) is 0 Å². The highest BCUT2D eigenvalue weighted by molar-refractivity contribution is 6.32. The summed E-state index contributed by atoms with van der Waals surface area (Å²) in [5.41, 5.74) is 1.57. The fourth-order valence-electron chi connectivity index (χ4n) is 1.19. The standard InChI is InChI=1S/C10H8ClN3O/c1-15-8-2-7(3-12-4-8)9-5-13-6-14-10(9)11/h2-6H,1H3. The molecule has 0 N–H and O–H groups in total. The normalized spacial score (nSPS) is 10.0. The molecule has 0 radical (unpaired) electrons. The van der Waals surface area contributed by atoms with Crippen molar-refractivity contribution in [3.63, 3.8) is 0 Å². The second-order valence-electron chi connectivity index (χ2n) is 2.84. The molecular weight excluding hydrogens is 214 g/mol. The topological polar surface area (TPSA) is 47.9 Å². The summed E-state index contributed by atoms with van der Waals surface area (Å²) < 4.78 is 5.07. The van der Waals surface area contributed by atoms with E-state index in [-0.39, 0.29) is 0 Å². The van der Waals surface area contributed by atoms with Gasteiger partial charge in [0.25, 0.3) is 0 Å². The number of pyridine rings is 1. The van der Waals surface area contributed by atoms with E-state index in [4.69, 9.17) is 16.3 Å². The van der Waals surface area contributed by atoms with E-state index in [0.29, 0.717) is 10.9 Å². The monoisotopic (exact) mass is 221 g/mol. The fraction of sp³-hybridized carbons (Fsp3) is 0.100. The number of rotatable bonds is 2. The zero-order valence-corrected chi connectivity index (χ0v) is 8.77. The van der Waals surface area contributed by atoms with Crippen LogP contribution in [0.2, 0.25) is 5.15 Å². The molecule has 0 unspecified atom stereocenters. The summed E-state index contributed by atoms with van der Waals surface area (Å²) in [6, 6.07) is 1.83. The summed E-state index contributed by atoms with van der Waals surface area (Å²) in [6.07, 6.45) is 6.36. The number of hydrogen-bond acceptors (Lipinski definition) is 4. The molecule has 2 aromatic heterocycles. The summed E-state index contributed by atoms with van der Waals surface area (Å²) in [6.45, 7) is 0. The number of halogens is 1. The van der Waals surface area contributed by atoms with Crippen molar-refractivity contribution in [2.24, 2.45) is 0 Å². The molecule has 5 heteroatoms. The molecule has 76 valence electrons. The van der Waals surface area contributed by atoms with Crippen LogP contribution in [0.5, 0.6) is 5.75 Å². The first-order valence-corrected chi connectivity index (χ1v) is 4.64. The van der Waals surface area contributed by atoms with Gasteiger partial charge in [-0.1, -0.05) is 11.6 Å². The summed E-state index contributed by atoms with van der Waals surface area (Å²) in [5, 5.41) is 0.403. The molecule has 2 heterocycles. The van der Waals surface area contributed by atoms with Gasteiger partial charge in [0.2, 0.25) is 0 Å². The summed E-state index contributed by atoms with van der Waals surface area (Å²) >= 11 is 5.93. The van der Waals surface area contributed by atoms with Crippen molar-refractivity contribution in [2.75, 3.05) is 7.11 Å². The molecule has 2 rings (SSSR count). The Bertz CT molecular complexity index is 476. The van der Waals surface area contributed by atoms with Crippen LogP contribution < -0.4 is 4.74 Å². The molecule has 0 aromatic carbocycles. The zero-order chi connectivity index (χ0) is 10.7. The molecule has 4 nitrogen and oxygen atoms in total. The lowest BCUT2D eigenvalue weighted by atomic mass is 10.1. The molecule has 15 heavy (non-hydrogen) atoms. The lowest BCUT2D eigenvalue weighted by Gasteiger charge is -2.04. The van der Waals surface area contributed by atoms with E-state index >= 15 is 0 Å². The molecule has 0 amide bonds. The van der Waals surface area contributed by atoms with Gasteiger partial charge in [0.05, 0.1) is 13.3 Å². The summed E-state index contributed by atoms with van der Waals surface area (Å²) in [7, 11) is 1.59. The van der Waals surface area contributed by atoms with Crippen LogP contribution in [0.15, 0.2) is 31.0 Å².